The largest absolute Gasteiger partial charge is 0.484 e. The number of aryl methyl sites for hydroxylation is 2. The van der Waals surface area contributed by atoms with Crippen molar-refractivity contribution in [2.45, 2.75) is 38.8 Å². The molecule has 1 N–H and O–H groups in total. The number of anilines is 1. The molecule has 1 aliphatic carbocycles. The summed E-state index contributed by atoms with van der Waals surface area (Å²) in [5.74, 6) is 0.840. The number of nitrogens with one attached hydrogen (secondary N) is 1. The third kappa shape index (κ3) is 5.05. The standard InChI is InChI=1S/C21H20ClN3O3S/c22-16-6-8-17(9-7-16)23-19(26)12-25-21(29)28-20(24-25)13-27-18-10-5-14-3-1-2-4-15(14)11-18/h5-11H,1-4,12-13H2,(H,23,26). The Bertz CT molecular complexity index is 1080. The number of carbonyl (C=O) groups is 1. The van der Waals surface area contributed by atoms with E-state index in [0.717, 1.165) is 18.6 Å². The van der Waals surface area contributed by atoms with Gasteiger partial charge in [0.05, 0.1) is 0 Å². The molecule has 0 fully saturated rings. The minimum absolute atomic E-state index is 0.0518. The zero-order valence-corrected chi connectivity index (χ0v) is 17.3. The normalized spacial score (nSPS) is 13.0. The summed E-state index contributed by atoms with van der Waals surface area (Å²) in [5, 5.41) is 7.61. The fraction of sp³-hybridized carbons (Fsp3) is 0.286. The van der Waals surface area contributed by atoms with Gasteiger partial charge in [-0.05, 0) is 85.4 Å². The van der Waals surface area contributed by atoms with E-state index in [1.165, 1.54) is 28.7 Å². The van der Waals surface area contributed by atoms with Crippen LogP contribution in [0, 0.1) is 4.84 Å². The molecule has 1 aliphatic rings. The minimum Gasteiger partial charge on any atom is -0.484 e. The summed E-state index contributed by atoms with van der Waals surface area (Å²) < 4.78 is 12.6. The number of carbonyl (C=O) groups excluding carboxylic acids is 1. The highest BCUT2D eigenvalue weighted by atomic mass is 35.5. The molecule has 4 rings (SSSR count). The van der Waals surface area contributed by atoms with Gasteiger partial charge in [0.2, 0.25) is 5.91 Å². The fourth-order valence-electron chi connectivity index (χ4n) is 3.32. The third-order valence-corrected chi connectivity index (χ3v) is 5.30. The molecule has 0 unspecified atom stereocenters. The highest BCUT2D eigenvalue weighted by Crippen LogP contribution is 2.25. The van der Waals surface area contributed by atoms with Gasteiger partial charge in [0.15, 0.2) is 6.61 Å². The van der Waals surface area contributed by atoms with Crippen LogP contribution in [0.4, 0.5) is 5.69 Å². The molecule has 6 nitrogen and oxygen atoms in total. The van der Waals surface area contributed by atoms with E-state index in [-0.39, 0.29) is 23.9 Å². The van der Waals surface area contributed by atoms with E-state index in [1.54, 1.807) is 24.3 Å². The first-order valence-corrected chi connectivity index (χ1v) is 10.2. The maximum Gasteiger partial charge on any atom is 0.287 e. The van der Waals surface area contributed by atoms with E-state index in [2.05, 4.69) is 22.5 Å². The van der Waals surface area contributed by atoms with Gasteiger partial charge in [-0.1, -0.05) is 17.7 Å². The quantitative estimate of drug-likeness (QED) is 0.561. The third-order valence-electron chi connectivity index (χ3n) is 4.75. The first-order valence-electron chi connectivity index (χ1n) is 9.44. The van der Waals surface area contributed by atoms with Crippen LogP contribution in [0.2, 0.25) is 5.02 Å². The van der Waals surface area contributed by atoms with Crippen molar-refractivity contribution in [1.29, 1.82) is 0 Å². The van der Waals surface area contributed by atoms with E-state index in [1.807, 2.05) is 6.07 Å². The van der Waals surface area contributed by atoms with E-state index < -0.39 is 0 Å². The topological polar surface area (TPSA) is 69.3 Å². The second-order valence-corrected chi connectivity index (χ2v) is 7.69. The molecule has 0 saturated heterocycles. The van der Waals surface area contributed by atoms with E-state index >= 15 is 0 Å². The molecule has 0 saturated carbocycles. The number of hydrogen-bond donors (Lipinski definition) is 1. The number of ether oxygens (including phenoxy) is 1. The van der Waals surface area contributed by atoms with Crippen molar-refractivity contribution in [1.82, 2.24) is 9.78 Å². The van der Waals surface area contributed by atoms with Gasteiger partial charge < -0.3 is 14.5 Å². The predicted octanol–water partition coefficient (Wildman–Crippen LogP) is 4.96. The van der Waals surface area contributed by atoms with Gasteiger partial charge in [-0.3, -0.25) is 4.79 Å². The number of benzene rings is 2. The number of aromatic nitrogens is 2. The van der Waals surface area contributed by atoms with Crippen LogP contribution in [0.15, 0.2) is 46.9 Å². The Morgan fingerprint density at radius 3 is 2.72 bits per heavy atom. The van der Waals surface area contributed by atoms with Crippen LogP contribution in [-0.2, 0) is 30.8 Å². The lowest BCUT2D eigenvalue weighted by Crippen LogP contribution is -2.19. The fourth-order valence-corrected chi connectivity index (χ4v) is 3.65. The molecule has 0 atom stereocenters. The molecule has 8 heteroatoms. The first-order chi connectivity index (χ1) is 14.1. The molecule has 0 bridgehead atoms. The summed E-state index contributed by atoms with van der Waals surface area (Å²) in [6.45, 7) is 0.0953. The second kappa shape index (κ2) is 8.80. The summed E-state index contributed by atoms with van der Waals surface area (Å²) in [6, 6.07) is 13.0. The van der Waals surface area contributed by atoms with E-state index in [9.17, 15) is 4.79 Å². The number of hydrogen-bond acceptors (Lipinski definition) is 5. The minimum atomic E-state index is -0.265. The molecule has 1 amide bonds. The van der Waals surface area contributed by atoms with Gasteiger partial charge in [-0.15, -0.1) is 5.10 Å². The van der Waals surface area contributed by atoms with Gasteiger partial charge in [0, 0.05) is 10.7 Å². The average Bonchev–Trinajstić information content (AvgIpc) is 3.07. The second-order valence-electron chi connectivity index (χ2n) is 6.90. The summed E-state index contributed by atoms with van der Waals surface area (Å²) in [5.41, 5.74) is 3.39. The lowest BCUT2D eigenvalue weighted by molar-refractivity contribution is -0.117. The number of halogens is 1. The summed E-state index contributed by atoms with van der Waals surface area (Å²) in [4.78, 5) is 12.3. The van der Waals surface area contributed by atoms with E-state index in [4.69, 9.17) is 33.0 Å². The summed E-state index contributed by atoms with van der Waals surface area (Å²) in [6.07, 6.45) is 4.68. The summed E-state index contributed by atoms with van der Waals surface area (Å²) >= 11 is 11.0. The van der Waals surface area contributed by atoms with Gasteiger partial charge in [0.25, 0.3) is 10.7 Å². The van der Waals surface area contributed by atoms with Crippen LogP contribution in [0.1, 0.15) is 29.9 Å². The van der Waals surface area contributed by atoms with Crippen molar-refractivity contribution < 1.29 is 13.9 Å². The zero-order chi connectivity index (χ0) is 20.2. The number of fused-ring (bicyclic) bond motifs is 1. The van der Waals surface area contributed by atoms with Gasteiger partial charge in [0.1, 0.15) is 12.3 Å². The van der Waals surface area contributed by atoms with Crippen LogP contribution >= 0.6 is 23.8 Å². The van der Waals surface area contributed by atoms with Crippen molar-refractivity contribution >= 4 is 35.4 Å². The van der Waals surface area contributed by atoms with Gasteiger partial charge in [-0.25, -0.2) is 4.68 Å². The van der Waals surface area contributed by atoms with Crippen LogP contribution in [-0.4, -0.2) is 15.7 Å². The molecular formula is C21H20ClN3O3S. The molecule has 29 heavy (non-hydrogen) atoms. The maximum atomic E-state index is 12.2. The predicted molar refractivity (Wildman–Crippen MR) is 113 cm³/mol. The molecule has 0 radical (unpaired) electrons. The highest BCUT2D eigenvalue weighted by molar-refractivity contribution is 7.71. The Morgan fingerprint density at radius 2 is 1.93 bits per heavy atom. The molecule has 1 aromatic heterocycles. The van der Waals surface area contributed by atoms with E-state index in [0.29, 0.717) is 16.6 Å². The first kappa shape index (κ1) is 19.7. The molecule has 150 valence electrons. The van der Waals surface area contributed by atoms with Crippen molar-refractivity contribution in [2.24, 2.45) is 0 Å². The Hall–Kier alpha value is -2.64. The van der Waals surface area contributed by atoms with Crippen molar-refractivity contribution in [3.05, 3.63) is 69.3 Å². The number of amides is 1. The lowest BCUT2D eigenvalue weighted by atomic mass is 9.92. The Morgan fingerprint density at radius 1 is 1.17 bits per heavy atom. The Kier molecular flexibility index (Phi) is 5.97. The van der Waals surface area contributed by atoms with Crippen molar-refractivity contribution in [3.63, 3.8) is 0 Å². The van der Waals surface area contributed by atoms with Gasteiger partial charge >= 0.3 is 0 Å². The SMILES string of the molecule is O=C(Cn1nc(COc2ccc3c(c2)CCCC3)oc1=S)Nc1ccc(Cl)cc1. The average molecular weight is 430 g/mol. The maximum absolute atomic E-state index is 12.2. The number of rotatable bonds is 6. The van der Waals surface area contributed by atoms with Gasteiger partial charge in [-0.2, -0.15) is 0 Å². The molecule has 2 aromatic carbocycles. The Balaban J connectivity index is 1.36. The molecular weight excluding hydrogens is 410 g/mol. The highest BCUT2D eigenvalue weighted by Gasteiger charge is 2.13. The monoisotopic (exact) mass is 429 g/mol. The molecule has 3 aromatic rings. The van der Waals surface area contributed by atoms with Crippen molar-refractivity contribution in [3.8, 4) is 5.75 Å². The molecule has 0 aliphatic heterocycles. The van der Waals surface area contributed by atoms with Crippen molar-refractivity contribution in [2.75, 3.05) is 5.32 Å². The molecule has 0 spiro atoms. The smallest absolute Gasteiger partial charge is 0.287 e. The number of nitrogens with zero attached hydrogens (tertiary/aromatic N) is 2. The Labute approximate surface area is 178 Å². The molecule has 1 heterocycles. The van der Waals surface area contributed by atoms with Crippen LogP contribution < -0.4 is 10.1 Å². The van der Waals surface area contributed by atoms with Crippen LogP contribution in [0.5, 0.6) is 5.75 Å². The van der Waals surface area contributed by atoms with Crippen LogP contribution in [0.3, 0.4) is 0 Å². The zero-order valence-electron chi connectivity index (χ0n) is 15.7. The lowest BCUT2D eigenvalue weighted by Gasteiger charge is -2.16. The summed E-state index contributed by atoms with van der Waals surface area (Å²) in [7, 11) is 0. The van der Waals surface area contributed by atoms with Crippen LogP contribution in [0.25, 0.3) is 0 Å².